The fourth-order valence-electron chi connectivity index (χ4n) is 15.8. The molecule has 4 aliphatic heterocycles. The van der Waals surface area contributed by atoms with Gasteiger partial charge in [-0.1, -0.05) is 97.1 Å². The number of methoxy groups -OCH3 is 1. The van der Waals surface area contributed by atoms with Crippen molar-refractivity contribution >= 4 is 79.9 Å². The predicted molar refractivity (Wildman–Crippen MR) is 472 cm³/mol. The van der Waals surface area contributed by atoms with Crippen molar-refractivity contribution in [3.63, 3.8) is 0 Å². The van der Waals surface area contributed by atoms with Gasteiger partial charge in [-0.05, 0) is 129 Å². The molecule has 22 nitrogen and oxygen atoms in total. The van der Waals surface area contributed by atoms with E-state index in [9.17, 15) is 48.6 Å². The molecule has 4 aliphatic carbocycles. The Labute approximate surface area is 742 Å². The maximum Gasteiger partial charge on any atom is 0.270 e. The average molecular weight is 1840 g/mol. The molecule has 8 aliphatic rings. The monoisotopic (exact) mass is 1840 g/mol. The zero-order valence-electron chi connectivity index (χ0n) is 72.2. The van der Waals surface area contributed by atoms with E-state index in [4.69, 9.17) is 14.2 Å². The molecule has 5 N–H and O–H groups in total. The van der Waals surface area contributed by atoms with Gasteiger partial charge in [0.1, 0.15) is 35.1 Å². The minimum Gasteiger partial charge on any atom is -0.388 e. The molecule has 4 aromatic carbocycles. The molecule has 37 heteroatoms. The van der Waals surface area contributed by atoms with Crippen LogP contribution >= 0.6 is 23.5 Å². The number of rotatable bonds is 35. The average Bonchev–Trinajstić information content (AvgIpc) is 1.69. The van der Waals surface area contributed by atoms with Gasteiger partial charge >= 0.3 is 0 Å². The van der Waals surface area contributed by atoms with Gasteiger partial charge in [-0.2, -0.15) is 41.1 Å². The highest BCUT2D eigenvalue weighted by molar-refractivity contribution is 8.00. The van der Waals surface area contributed by atoms with E-state index in [2.05, 4.69) is 61.1 Å². The molecule has 1 unspecified atom stereocenters. The van der Waals surface area contributed by atoms with Gasteiger partial charge in [0.15, 0.2) is 46.5 Å². The molecule has 127 heavy (non-hydrogen) atoms. The second-order valence-electron chi connectivity index (χ2n) is 34.8. The Morgan fingerprint density at radius 2 is 0.740 bits per heavy atom. The van der Waals surface area contributed by atoms with Gasteiger partial charge in [-0.25, -0.2) is 83.4 Å². The molecule has 8 heterocycles. The summed E-state index contributed by atoms with van der Waals surface area (Å²) in [4.78, 5) is 40.6. The van der Waals surface area contributed by atoms with Crippen LogP contribution in [-0.2, 0) is 73.9 Å². The zero-order chi connectivity index (χ0) is 90.5. The third-order valence-electron chi connectivity index (χ3n) is 24.1. The smallest absolute Gasteiger partial charge is 0.270 e. The topological polar surface area (TPSA) is 246 Å². The summed E-state index contributed by atoms with van der Waals surface area (Å²) in [5.41, 5.74) is 1.21. The Bertz CT molecular complexity index is 5010. The lowest BCUT2D eigenvalue weighted by Gasteiger charge is -2.36. The van der Waals surface area contributed by atoms with Gasteiger partial charge in [-0.15, -0.1) is 0 Å². The second-order valence-corrected chi connectivity index (χ2v) is 39.6. The molecular formula is C90H112F12N16O6S3. The third kappa shape index (κ3) is 27.0. The highest BCUT2D eigenvalue weighted by atomic mass is 32.2. The number of sulfone groups is 1. The highest BCUT2D eigenvalue weighted by Gasteiger charge is 2.42. The van der Waals surface area contributed by atoms with Gasteiger partial charge in [0.05, 0.1) is 17.0 Å². The van der Waals surface area contributed by atoms with Crippen LogP contribution in [0.25, 0.3) is 0 Å². The van der Waals surface area contributed by atoms with E-state index >= 15 is 17.6 Å². The number of aliphatic hydroxyl groups is 1. The second kappa shape index (κ2) is 41.6. The summed E-state index contributed by atoms with van der Waals surface area (Å²) in [7, 11) is -1.59. The Kier molecular flexibility index (Phi) is 31.4. The lowest BCUT2D eigenvalue weighted by Crippen LogP contribution is -2.44. The molecule has 0 bridgehead atoms. The SMILES string of the molecule is CC(F)(F)c1ccc(CN(c2ncnc(NCC3(CS(C)(=O)=O)CCOCC3)c2F)C2CC2)cc1.CC(F)(F)c1ccc(CN(c2ncnc(NCC3(O)CCSCC3)c2F)C2CC2)cc1.CC(F)(F)c1ccc(CN(c2ncnc(NCC3CCCS3)c2F)C2CC2)cc1.COC1(CNc2ncnc(N(Cc3ccc(C(C)(F)F)cc3)C3CC3)c2F)CCOCC1. The summed E-state index contributed by atoms with van der Waals surface area (Å²) >= 11 is 3.71. The number of anilines is 8. The summed E-state index contributed by atoms with van der Waals surface area (Å²) < 4.78 is 210. The summed E-state index contributed by atoms with van der Waals surface area (Å²) in [6.45, 7) is 8.65. The summed E-state index contributed by atoms with van der Waals surface area (Å²) in [6.07, 6.45) is 20.2. The van der Waals surface area contributed by atoms with Crippen LogP contribution < -0.4 is 40.9 Å². The molecule has 1 atom stereocenters. The number of nitrogens with zero attached hydrogens (tertiary/aromatic N) is 12. The fraction of sp³-hybridized carbons (Fsp3) is 0.556. The standard InChI is InChI=1S/C24H31F3N4O3S.C23H29F3N4O2.C22H27F3N4OS.C21H25F3N4S/c1-23(26,27)18-5-3-17(4-6-18)13-31(19-7-8-19)22-20(25)21(29-16-30-22)28-14-24(15-35(2,32)33)9-11-34-12-10-24;1-22(25,26)17-5-3-16(4-6-17)13-30(18-7-8-18)21-19(24)20(28-15-29-21)27-14-23(31-2)9-11-32-12-10-23;1-21(24,25)16-4-2-15(3-5-16)12-29(17-6-7-17)20-18(23)19(27-14-28-20)26-13-22(30)8-10-31-11-9-22;1-21(23,24)15-6-4-14(5-7-15)12-28(16-8-9-16)20-18(22)19(26-13-27-20)25-11-17-3-2-10-29-17/h3-6,16,19H,7-15H2,1-2H3,(H,28,29,30);3-6,15,18H,7-14H2,1-2H3,(H,27,28,29);2-5,14,17,30H,6-13H2,1H3,(H,26,27,28);4-7,13,16-17H,2-3,8-12H2,1H3,(H,25,26,27). The van der Waals surface area contributed by atoms with Crippen LogP contribution in [0.2, 0.25) is 0 Å². The molecule has 0 spiro atoms. The quantitative estimate of drug-likeness (QED) is 0.0232. The Hall–Kier alpha value is -8.75. The van der Waals surface area contributed by atoms with Crippen molar-refractivity contribution in [3.05, 3.63) is 190 Å². The molecule has 4 saturated carbocycles. The van der Waals surface area contributed by atoms with E-state index in [1.807, 2.05) is 31.4 Å². The zero-order valence-corrected chi connectivity index (χ0v) is 74.6. The number of nitrogens with one attached hydrogen (secondary N) is 4. The number of hydrogen-bond acceptors (Lipinski definition) is 24. The van der Waals surface area contributed by atoms with E-state index < -0.39 is 73.4 Å². The maximum atomic E-state index is 15.6. The number of benzene rings is 4. The van der Waals surface area contributed by atoms with Crippen molar-refractivity contribution in [1.82, 2.24) is 39.9 Å². The first kappa shape index (κ1) is 95.8. The van der Waals surface area contributed by atoms with Crippen molar-refractivity contribution in [2.75, 3.05) is 130 Å². The predicted octanol–water partition coefficient (Wildman–Crippen LogP) is 18.4. The van der Waals surface area contributed by atoms with Gasteiger partial charge in [-0.3, -0.25) is 0 Å². The van der Waals surface area contributed by atoms with Gasteiger partial charge in [0, 0.05) is 190 Å². The first-order chi connectivity index (χ1) is 60.4. The van der Waals surface area contributed by atoms with E-state index in [0.717, 1.165) is 138 Å². The molecule has 4 saturated heterocycles. The highest BCUT2D eigenvalue weighted by Crippen LogP contribution is 2.43. The van der Waals surface area contributed by atoms with E-state index in [1.165, 1.54) is 86.5 Å². The van der Waals surface area contributed by atoms with Crippen LogP contribution in [0, 0.1) is 28.7 Å². The third-order valence-corrected chi connectivity index (χ3v) is 27.6. The molecule has 0 amide bonds. The van der Waals surface area contributed by atoms with E-state index in [0.29, 0.717) is 96.6 Å². The maximum absolute atomic E-state index is 15.6. The number of hydrogen-bond donors (Lipinski definition) is 5. The largest absolute Gasteiger partial charge is 0.388 e. The van der Waals surface area contributed by atoms with Crippen LogP contribution in [0.3, 0.4) is 0 Å². The van der Waals surface area contributed by atoms with E-state index in [-0.39, 0.29) is 112 Å². The van der Waals surface area contributed by atoms with Gasteiger partial charge in [0.25, 0.3) is 23.7 Å². The van der Waals surface area contributed by atoms with Crippen molar-refractivity contribution in [3.8, 4) is 0 Å². The minimum absolute atomic E-state index is 0.0148. The first-order valence-electron chi connectivity index (χ1n) is 43.2. The van der Waals surface area contributed by atoms with Crippen LogP contribution in [0.1, 0.15) is 175 Å². The van der Waals surface area contributed by atoms with Crippen LogP contribution in [0.15, 0.2) is 122 Å². The van der Waals surface area contributed by atoms with Crippen LogP contribution in [-0.4, -0.2) is 183 Å². The summed E-state index contributed by atoms with van der Waals surface area (Å²) in [5.74, 6) is -9.54. The number of alkyl halides is 8. The van der Waals surface area contributed by atoms with Crippen LogP contribution in [0.4, 0.5) is 99.2 Å². The number of halogens is 12. The fourth-order valence-corrected chi connectivity index (χ4v) is 19.8. The number of thioether (sulfide) groups is 2. The molecule has 0 radical (unpaired) electrons. The van der Waals surface area contributed by atoms with Crippen molar-refractivity contribution in [2.45, 2.75) is 221 Å². The lowest BCUT2D eigenvalue weighted by molar-refractivity contribution is -0.0807. The normalized spacial score (nSPS) is 18.7. The lowest BCUT2D eigenvalue weighted by atomic mass is 9.82. The Morgan fingerprint density at radius 1 is 0.433 bits per heavy atom. The summed E-state index contributed by atoms with van der Waals surface area (Å²) in [5, 5.41) is 23.4. The van der Waals surface area contributed by atoms with Crippen LogP contribution in [0.5, 0.6) is 0 Å². The van der Waals surface area contributed by atoms with Gasteiger partial charge < -0.3 is 60.2 Å². The molecule has 690 valence electrons. The van der Waals surface area contributed by atoms with E-state index in [1.54, 1.807) is 67.4 Å². The minimum atomic E-state index is -3.25. The van der Waals surface area contributed by atoms with Crippen molar-refractivity contribution < 1.29 is 80.4 Å². The molecular weight excluding hydrogens is 1730 g/mol. The number of ether oxygens (including phenoxy) is 3. The Balaban J connectivity index is 0.000000145. The first-order valence-corrected chi connectivity index (χ1v) is 47.4. The Morgan fingerprint density at radius 3 is 1.03 bits per heavy atom. The number of aromatic nitrogens is 8. The molecule has 4 aromatic heterocycles. The summed E-state index contributed by atoms with van der Waals surface area (Å²) in [6, 6.07) is 25.2. The van der Waals surface area contributed by atoms with Crippen molar-refractivity contribution in [2.24, 2.45) is 5.41 Å². The molecule has 16 rings (SSSR count). The molecule has 8 aromatic rings. The molecule has 8 fully saturated rings. The van der Waals surface area contributed by atoms with Gasteiger partial charge in [0.2, 0.25) is 23.3 Å². The van der Waals surface area contributed by atoms with Crippen molar-refractivity contribution in [1.29, 1.82) is 0 Å².